The molecule has 3 unspecified atom stereocenters. The van der Waals surface area contributed by atoms with Gasteiger partial charge in [0.1, 0.15) is 6.04 Å². The number of ether oxygens (including phenoxy) is 1. The molecule has 0 aromatic rings. The molecule has 3 heterocycles. The molecule has 2 amide bonds. The van der Waals surface area contributed by atoms with Gasteiger partial charge in [-0.1, -0.05) is 28.1 Å². The maximum Gasteiger partial charge on any atom is 0.310 e. The topological polar surface area (TPSA) is 87.2 Å². The molecule has 9 heteroatoms. The molecule has 7 atom stereocenters. The summed E-state index contributed by atoms with van der Waals surface area (Å²) in [5.41, 5.74) is 0. The fraction of sp³-hybridized carbons (Fsp3) is 0.708. The summed E-state index contributed by atoms with van der Waals surface area (Å²) in [4.78, 5) is 44.2. The van der Waals surface area contributed by atoms with E-state index in [0.717, 1.165) is 6.42 Å². The summed E-state index contributed by atoms with van der Waals surface area (Å²) < 4.78 is 4.83. The maximum absolute atomic E-state index is 14.0. The summed E-state index contributed by atoms with van der Waals surface area (Å²) in [5.74, 6) is -2.04. The fourth-order valence-electron chi connectivity index (χ4n) is 5.53. The Balaban J connectivity index is 2.00. The van der Waals surface area contributed by atoms with E-state index in [-0.39, 0.29) is 47.1 Å². The number of carbonyl (C=O) groups excluding carboxylic acids is 3. The standard InChI is InChI=1S/C24H35BrN2O5S/c1-6-8-9-11-32-23(31)17-18-21(29)27(15(5)13-28)20(22(30)26(10-7-2)14(3)4)24(18)12-16(25)19(17)33-24/h6-7,14-20,28H,1-2,8-13H2,3-5H3/t15-,16?,17-,18+,19-,20?,24?/m1/s1. The number of fused-ring (bicyclic) bond motifs is 1. The van der Waals surface area contributed by atoms with Crippen molar-refractivity contribution in [3.8, 4) is 0 Å². The molecule has 184 valence electrons. The van der Waals surface area contributed by atoms with Crippen LogP contribution in [0.3, 0.4) is 0 Å². The van der Waals surface area contributed by atoms with Crippen LogP contribution in [0.25, 0.3) is 0 Å². The van der Waals surface area contributed by atoms with Gasteiger partial charge >= 0.3 is 5.97 Å². The van der Waals surface area contributed by atoms with Gasteiger partial charge in [-0.3, -0.25) is 14.4 Å². The molecule has 33 heavy (non-hydrogen) atoms. The maximum atomic E-state index is 14.0. The van der Waals surface area contributed by atoms with Crippen molar-refractivity contribution in [3.63, 3.8) is 0 Å². The van der Waals surface area contributed by atoms with E-state index in [4.69, 9.17) is 4.74 Å². The number of aliphatic hydroxyl groups is 1. The lowest BCUT2D eigenvalue weighted by Crippen LogP contribution is -2.58. The Morgan fingerprint density at radius 3 is 2.64 bits per heavy atom. The van der Waals surface area contributed by atoms with Crippen LogP contribution in [0.5, 0.6) is 0 Å². The van der Waals surface area contributed by atoms with E-state index in [1.165, 1.54) is 4.90 Å². The molecule has 3 fully saturated rings. The van der Waals surface area contributed by atoms with E-state index in [1.807, 2.05) is 13.8 Å². The fourth-order valence-corrected chi connectivity index (χ4v) is 9.11. The number of likely N-dealkylation sites (tertiary alicyclic amines) is 1. The first-order valence-corrected chi connectivity index (χ1v) is 13.4. The Hall–Kier alpha value is -1.32. The second-order valence-corrected chi connectivity index (χ2v) is 12.1. The summed E-state index contributed by atoms with van der Waals surface area (Å²) >= 11 is 5.31. The van der Waals surface area contributed by atoms with Crippen molar-refractivity contribution in [2.24, 2.45) is 11.8 Å². The van der Waals surface area contributed by atoms with Crippen molar-refractivity contribution in [1.29, 1.82) is 0 Å². The number of aliphatic hydroxyl groups excluding tert-OH is 1. The van der Waals surface area contributed by atoms with Crippen LogP contribution < -0.4 is 0 Å². The summed E-state index contributed by atoms with van der Waals surface area (Å²) in [6, 6.07) is -1.38. The third kappa shape index (κ3) is 4.41. The monoisotopic (exact) mass is 542 g/mol. The second-order valence-electron chi connectivity index (χ2n) is 9.41. The van der Waals surface area contributed by atoms with E-state index >= 15 is 0 Å². The highest BCUT2D eigenvalue weighted by Gasteiger charge is 2.76. The van der Waals surface area contributed by atoms with Crippen molar-refractivity contribution < 1.29 is 24.2 Å². The van der Waals surface area contributed by atoms with Gasteiger partial charge in [0.05, 0.1) is 35.8 Å². The third-order valence-electron chi connectivity index (χ3n) is 7.00. The van der Waals surface area contributed by atoms with Crippen LogP contribution in [0, 0.1) is 11.8 Å². The Bertz CT molecular complexity index is 808. The summed E-state index contributed by atoms with van der Waals surface area (Å²) in [6.45, 7) is 13.5. The molecular formula is C24H35BrN2O5S. The molecule has 0 radical (unpaired) electrons. The number of unbranched alkanes of at least 4 members (excludes halogenated alkanes) is 1. The normalized spacial score (nSPS) is 33.2. The van der Waals surface area contributed by atoms with E-state index in [9.17, 15) is 19.5 Å². The molecule has 2 bridgehead atoms. The number of nitrogens with zero attached hydrogens (tertiary/aromatic N) is 2. The zero-order chi connectivity index (χ0) is 24.5. The minimum absolute atomic E-state index is 0.0103. The molecule has 1 N–H and O–H groups in total. The van der Waals surface area contributed by atoms with E-state index in [0.29, 0.717) is 19.4 Å². The number of hydrogen-bond donors (Lipinski definition) is 1. The molecule has 0 aromatic carbocycles. The number of halogens is 1. The lowest BCUT2D eigenvalue weighted by molar-refractivity contribution is -0.154. The number of rotatable bonds is 11. The Morgan fingerprint density at radius 1 is 1.36 bits per heavy atom. The van der Waals surface area contributed by atoms with Crippen LogP contribution in [-0.2, 0) is 19.1 Å². The average molecular weight is 544 g/mol. The lowest BCUT2D eigenvalue weighted by atomic mass is 9.71. The molecule has 3 rings (SSSR count). The van der Waals surface area contributed by atoms with Crippen molar-refractivity contribution >= 4 is 45.5 Å². The van der Waals surface area contributed by atoms with E-state index in [1.54, 1.807) is 35.7 Å². The average Bonchev–Trinajstić information content (AvgIpc) is 3.37. The number of amides is 2. The molecule has 1 spiro atoms. The molecule has 0 saturated carbocycles. The largest absolute Gasteiger partial charge is 0.465 e. The summed E-state index contributed by atoms with van der Waals surface area (Å²) in [6.07, 6.45) is 5.49. The smallest absolute Gasteiger partial charge is 0.310 e. The summed E-state index contributed by atoms with van der Waals surface area (Å²) in [5, 5.41) is 9.80. The molecule has 3 aliphatic heterocycles. The highest BCUT2D eigenvalue weighted by atomic mass is 79.9. The molecule has 3 saturated heterocycles. The predicted octanol–water partition coefficient (Wildman–Crippen LogP) is 2.76. The van der Waals surface area contributed by atoms with E-state index in [2.05, 4.69) is 29.1 Å². The van der Waals surface area contributed by atoms with Crippen LogP contribution in [0.4, 0.5) is 0 Å². The number of thioether (sulfide) groups is 1. The predicted molar refractivity (Wildman–Crippen MR) is 133 cm³/mol. The molecule has 0 aromatic heterocycles. The number of esters is 1. The number of alkyl halides is 1. The zero-order valence-electron chi connectivity index (χ0n) is 19.6. The Kier molecular flexibility index (Phi) is 8.38. The highest BCUT2D eigenvalue weighted by Crippen LogP contribution is 2.68. The number of carbonyl (C=O) groups is 3. The van der Waals surface area contributed by atoms with Crippen molar-refractivity contribution in [1.82, 2.24) is 9.80 Å². The third-order valence-corrected chi connectivity index (χ3v) is 10.2. The molecule has 3 aliphatic rings. The quantitative estimate of drug-likeness (QED) is 0.187. The van der Waals surface area contributed by atoms with Gasteiger partial charge in [-0.2, -0.15) is 0 Å². The van der Waals surface area contributed by atoms with Crippen LogP contribution in [0.2, 0.25) is 0 Å². The molecular weight excluding hydrogens is 508 g/mol. The minimum atomic E-state index is -0.756. The Labute approximate surface area is 209 Å². The molecule has 0 aliphatic carbocycles. The van der Waals surface area contributed by atoms with Crippen LogP contribution >= 0.6 is 27.7 Å². The van der Waals surface area contributed by atoms with Crippen molar-refractivity contribution in [2.75, 3.05) is 19.8 Å². The van der Waals surface area contributed by atoms with Gasteiger partial charge in [0, 0.05) is 22.7 Å². The van der Waals surface area contributed by atoms with Crippen molar-refractivity contribution in [3.05, 3.63) is 25.3 Å². The first-order chi connectivity index (χ1) is 15.7. The van der Waals surface area contributed by atoms with Gasteiger partial charge in [-0.05, 0) is 40.0 Å². The number of allylic oxidation sites excluding steroid dienone is 1. The highest BCUT2D eigenvalue weighted by molar-refractivity contribution is 9.09. The zero-order valence-corrected chi connectivity index (χ0v) is 22.0. The van der Waals surface area contributed by atoms with Crippen molar-refractivity contribution in [2.45, 2.75) is 73.0 Å². The van der Waals surface area contributed by atoms with Gasteiger partial charge < -0.3 is 19.6 Å². The Morgan fingerprint density at radius 2 is 2.06 bits per heavy atom. The van der Waals surface area contributed by atoms with Gasteiger partial charge in [-0.25, -0.2) is 0 Å². The van der Waals surface area contributed by atoms with Gasteiger partial charge in [0.2, 0.25) is 11.8 Å². The molecule has 7 nitrogen and oxygen atoms in total. The second kappa shape index (κ2) is 10.5. The van der Waals surface area contributed by atoms with Crippen LogP contribution in [0.1, 0.15) is 40.0 Å². The van der Waals surface area contributed by atoms with E-state index < -0.39 is 28.7 Å². The minimum Gasteiger partial charge on any atom is -0.465 e. The SMILES string of the molecule is C=CCCCOC(=O)[C@H]1[C@@H]2SC3(CC2Br)C(C(=O)N(CC=C)C(C)C)N([C@H](C)CO)C(=O)[C@H]13. The first-order valence-electron chi connectivity index (χ1n) is 11.6. The van der Waals surface area contributed by atoms with Crippen LogP contribution in [-0.4, -0.2) is 85.4 Å². The lowest BCUT2D eigenvalue weighted by Gasteiger charge is -2.40. The summed E-state index contributed by atoms with van der Waals surface area (Å²) in [7, 11) is 0. The van der Waals surface area contributed by atoms with Gasteiger partial charge in [0.25, 0.3) is 0 Å². The van der Waals surface area contributed by atoms with Crippen LogP contribution in [0.15, 0.2) is 25.3 Å². The van der Waals surface area contributed by atoms with Gasteiger partial charge in [0.15, 0.2) is 0 Å². The number of hydrogen-bond acceptors (Lipinski definition) is 6. The van der Waals surface area contributed by atoms with Gasteiger partial charge in [-0.15, -0.1) is 24.9 Å². The first kappa shape index (κ1) is 26.3.